The van der Waals surface area contributed by atoms with Gasteiger partial charge in [0.15, 0.2) is 5.82 Å². The number of nitrogens with zero attached hydrogens (tertiary/aromatic N) is 3. The van der Waals surface area contributed by atoms with E-state index in [2.05, 4.69) is 20.4 Å². The standard InChI is InChI=1S/C21H27FN4O/c1-21(2,3)20(27)23-13-15-5-4-12-26(14-15)19-11-10-18(24-25-19)16-6-8-17(22)9-7-16/h6-11,15H,4-5,12-14H2,1-3H3,(H,23,27). The van der Waals surface area contributed by atoms with Gasteiger partial charge in [0, 0.05) is 30.6 Å². The molecule has 0 radical (unpaired) electrons. The average Bonchev–Trinajstić information content (AvgIpc) is 2.66. The van der Waals surface area contributed by atoms with Gasteiger partial charge in [-0.15, -0.1) is 10.2 Å². The minimum absolute atomic E-state index is 0.0862. The van der Waals surface area contributed by atoms with Crippen molar-refractivity contribution in [2.45, 2.75) is 33.6 Å². The molecule has 144 valence electrons. The van der Waals surface area contributed by atoms with Gasteiger partial charge in [0.2, 0.25) is 5.91 Å². The van der Waals surface area contributed by atoms with Gasteiger partial charge < -0.3 is 10.2 Å². The van der Waals surface area contributed by atoms with Crippen molar-refractivity contribution in [3.63, 3.8) is 0 Å². The Kier molecular flexibility index (Phi) is 5.73. The number of hydrogen-bond donors (Lipinski definition) is 1. The topological polar surface area (TPSA) is 58.1 Å². The Labute approximate surface area is 160 Å². The van der Waals surface area contributed by atoms with Gasteiger partial charge in [-0.1, -0.05) is 20.8 Å². The highest BCUT2D eigenvalue weighted by Gasteiger charge is 2.25. The van der Waals surface area contributed by atoms with Crippen molar-refractivity contribution in [3.05, 3.63) is 42.2 Å². The van der Waals surface area contributed by atoms with Gasteiger partial charge in [0.25, 0.3) is 0 Å². The predicted molar refractivity (Wildman–Crippen MR) is 105 cm³/mol. The van der Waals surface area contributed by atoms with Crippen LogP contribution in [0.15, 0.2) is 36.4 Å². The molecule has 1 N–H and O–H groups in total. The molecule has 0 saturated carbocycles. The first-order valence-corrected chi connectivity index (χ1v) is 9.46. The van der Waals surface area contributed by atoms with Crippen molar-refractivity contribution in [3.8, 4) is 11.3 Å². The molecule has 2 aromatic rings. The van der Waals surface area contributed by atoms with E-state index in [0.717, 1.165) is 43.0 Å². The van der Waals surface area contributed by atoms with Gasteiger partial charge in [0.1, 0.15) is 5.82 Å². The number of carbonyl (C=O) groups is 1. The van der Waals surface area contributed by atoms with E-state index in [1.165, 1.54) is 12.1 Å². The summed E-state index contributed by atoms with van der Waals surface area (Å²) in [4.78, 5) is 14.3. The van der Waals surface area contributed by atoms with Crippen LogP contribution < -0.4 is 10.2 Å². The first kappa shape index (κ1) is 19.3. The average molecular weight is 370 g/mol. The van der Waals surface area contributed by atoms with Crippen molar-refractivity contribution in [2.75, 3.05) is 24.5 Å². The maximum atomic E-state index is 13.1. The lowest BCUT2D eigenvalue weighted by molar-refractivity contribution is -0.128. The highest BCUT2D eigenvalue weighted by atomic mass is 19.1. The molecule has 1 aromatic carbocycles. The smallest absolute Gasteiger partial charge is 0.225 e. The summed E-state index contributed by atoms with van der Waals surface area (Å²) in [5.74, 6) is 1.07. The van der Waals surface area contributed by atoms with Gasteiger partial charge in [-0.25, -0.2) is 4.39 Å². The molecule has 1 atom stereocenters. The summed E-state index contributed by atoms with van der Waals surface area (Å²) in [6, 6.07) is 10.1. The highest BCUT2D eigenvalue weighted by Crippen LogP contribution is 2.23. The molecule has 2 heterocycles. The molecule has 0 bridgehead atoms. The van der Waals surface area contributed by atoms with Gasteiger partial charge >= 0.3 is 0 Å². The van der Waals surface area contributed by atoms with Gasteiger partial charge in [-0.3, -0.25) is 4.79 Å². The molecular formula is C21H27FN4O. The van der Waals surface area contributed by atoms with E-state index in [0.29, 0.717) is 12.5 Å². The molecule has 0 aliphatic carbocycles. The number of rotatable bonds is 4. The summed E-state index contributed by atoms with van der Waals surface area (Å²) >= 11 is 0. The maximum Gasteiger partial charge on any atom is 0.225 e. The summed E-state index contributed by atoms with van der Waals surface area (Å²) in [6.45, 7) is 8.26. The normalized spacial score (nSPS) is 17.6. The van der Waals surface area contributed by atoms with Crippen LogP contribution in [0.4, 0.5) is 10.2 Å². The second kappa shape index (κ2) is 8.03. The zero-order valence-electron chi connectivity index (χ0n) is 16.2. The van der Waals surface area contributed by atoms with Crippen LogP contribution in [0.25, 0.3) is 11.3 Å². The SMILES string of the molecule is CC(C)(C)C(=O)NCC1CCCN(c2ccc(-c3ccc(F)cc3)nn2)C1. The number of hydrogen-bond acceptors (Lipinski definition) is 4. The van der Waals surface area contributed by atoms with Crippen LogP contribution in [0.1, 0.15) is 33.6 Å². The van der Waals surface area contributed by atoms with Crippen LogP contribution in [0, 0.1) is 17.2 Å². The van der Waals surface area contributed by atoms with Gasteiger partial charge in [0.05, 0.1) is 5.69 Å². The molecular weight excluding hydrogens is 343 g/mol. The summed E-state index contributed by atoms with van der Waals surface area (Å²) in [5, 5.41) is 11.7. The molecule has 1 aromatic heterocycles. The number of aromatic nitrogens is 2. The van der Waals surface area contributed by atoms with Crippen molar-refractivity contribution in [1.82, 2.24) is 15.5 Å². The molecule has 1 aliphatic rings. The summed E-state index contributed by atoms with van der Waals surface area (Å²) in [6.07, 6.45) is 2.17. The van der Waals surface area contributed by atoms with E-state index in [1.54, 1.807) is 12.1 Å². The molecule has 3 rings (SSSR count). The largest absolute Gasteiger partial charge is 0.355 e. The number of piperidine rings is 1. The minimum atomic E-state index is -0.365. The molecule has 1 amide bonds. The van der Waals surface area contributed by atoms with E-state index in [1.807, 2.05) is 32.9 Å². The Morgan fingerprint density at radius 2 is 1.93 bits per heavy atom. The fourth-order valence-electron chi connectivity index (χ4n) is 3.21. The number of halogens is 1. The molecule has 1 unspecified atom stereocenters. The quantitative estimate of drug-likeness (QED) is 0.892. The number of benzene rings is 1. The van der Waals surface area contributed by atoms with E-state index in [-0.39, 0.29) is 17.1 Å². The van der Waals surface area contributed by atoms with Crippen molar-refractivity contribution >= 4 is 11.7 Å². The lowest BCUT2D eigenvalue weighted by Crippen LogP contribution is -2.43. The second-order valence-corrected chi connectivity index (χ2v) is 8.20. The predicted octanol–water partition coefficient (Wildman–Crippen LogP) is 3.66. The third-order valence-electron chi connectivity index (χ3n) is 4.87. The summed E-state index contributed by atoms with van der Waals surface area (Å²) in [7, 11) is 0. The number of amides is 1. The molecule has 5 nitrogen and oxygen atoms in total. The molecule has 27 heavy (non-hydrogen) atoms. The lowest BCUT2D eigenvalue weighted by Gasteiger charge is -2.33. The van der Waals surface area contributed by atoms with Gasteiger partial charge in [-0.2, -0.15) is 0 Å². The number of carbonyl (C=O) groups excluding carboxylic acids is 1. The molecule has 1 fully saturated rings. The fourth-order valence-corrected chi connectivity index (χ4v) is 3.21. The maximum absolute atomic E-state index is 13.1. The Hall–Kier alpha value is -2.50. The number of anilines is 1. The third-order valence-corrected chi connectivity index (χ3v) is 4.87. The van der Waals surface area contributed by atoms with Crippen molar-refractivity contribution < 1.29 is 9.18 Å². The van der Waals surface area contributed by atoms with Crippen molar-refractivity contribution in [2.24, 2.45) is 11.3 Å². The van der Waals surface area contributed by atoms with Crippen molar-refractivity contribution in [1.29, 1.82) is 0 Å². The molecule has 1 saturated heterocycles. The Balaban J connectivity index is 1.61. The van der Waals surface area contributed by atoms with Crippen LogP contribution in [-0.4, -0.2) is 35.7 Å². The molecule has 6 heteroatoms. The highest BCUT2D eigenvalue weighted by molar-refractivity contribution is 5.81. The van der Waals surface area contributed by atoms with Gasteiger partial charge in [-0.05, 0) is 55.2 Å². The van der Waals surface area contributed by atoms with Crippen LogP contribution in [0.5, 0.6) is 0 Å². The van der Waals surface area contributed by atoms with E-state index in [4.69, 9.17) is 0 Å². The van der Waals surface area contributed by atoms with Crippen LogP contribution >= 0.6 is 0 Å². The third kappa shape index (κ3) is 5.02. The van der Waals surface area contributed by atoms with E-state index < -0.39 is 0 Å². The summed E-state index contributed by atoms with van der Waals surface area (Å²) in [5.41, 5.74) is 1.21. The first-order valence-electron chi connectivity index (χ1n) is 9.46. The minimum Gasteiger partial charge on any atom is -0.355 e. The second-order valence-electron chi connectivity index (χ2n) is 8.20. The van der Waals surface area contributed by atoms with E-state index in [9.17, 15) is 9.18 Å². The molecule has 0 spiro atoms. The first-order chi connectivity index (χ1) is 12.8. The van der Waals surface area contributed by atoms with E-state index >= 15 is 0 Å². The Morgan fingerprint density at radius 3 is 2.56 bits per heavy atom. The fraction of sp³-hybridized carbons (Fsp3) is 0.476. The number of nitrogens with one attached hydrogen (secondary N) is 1. The molecule has 1 aliphatic heterocycles. The summed E-state index contributed by atoms with van der Waals surface area (Å²) < 4.78 is 13.1. The zero-order valence-corrected chi connectivity index (χ0v) is 16.2. The van der Waals surface area contributed by atoms with Crippen LogP contribution in [-0.2, 0) is 4.79 Å². The Morgan fingerprint density at radius 1 is 1.19 bits per heavy atom. The monoisotopic (exact) mass is 370 g/mol. The zero-order chi connectivity index (χ0) is 19.4. The van der Waals surface area contributed by atoms with Crippen LogP contribution in [0.2, 0.25) is 0 Å². The Bertz CT molecular complexity index is 768. The lowest BCUT2D eigenvalue weighted by atomic mass is 9.94. The van der Waals surface area contributed by atoms with Crippen LogP contribution in [0.3, 0.4) is 0 Å².